The van der Waals surface area contributed by atoms with E-state index >= 15 is 0 Å². The van der Waals surface area contributed by atoms with Gasteiger partial charge in [-0.1, -0.05) is 49.2 Å². The number of benzene rings is 2. The fourth-order valence-electron chi connectivity index (χ4n) is 4.65. The number of carbonyl (C=O) groups is 2. The van der Waals surface area contributed by atoms with Crippen LogP contribution in [0.1, 0.15) is 52.5 Å². The predicted molar refractivity (Wildman–Crippen MR) is 142 cm³/mol. The Morgan fingerprint density at radius 1 is 1.03 bits per heavy atom. The first kappa shape index (κ1) is 23.8. The molecule has 0 bridgehead atoms. The predicted octanol–water partition coefficient (Wildman–Crippen LogP) is 6.03. The average Bonchev–Trinajstić information content (AvgIpc) is 3.67. The maximum Gasteiger partial charge on any atom is 0.342 e. The van der Waals surface area contributed by atoms with Crippen LogP contribution in [0.4, 0.5) is 10.5 Å². The largest absolute Gasteiger partial charge is 0.507 e. The molecule has 1 fully saturated rings. The average molecular weight is 501 g/mol. The van der Waals surface area contributed by atoms with Gasteiger partial charge in [-0.15, -0.1) is 11.3 Å². The second kappa shape index (κ2) is 10.8. The third-order valence-corrected chi connectivity index (χ3v) is 7.38. The Kier molecular flexibility index (Phi) is 7.13. The van der Waals surface area contributed by atoms with E-state index in [1.807, 2.05) is 47.8 Å². The van der Waals surface area contributed by atoms with Gasteiger partial charge in [0.05, 0.1) is 16.3 Å². The van der Waals surface area contributed by atoms with Gasteiger partial charge in [0, 0.05) is 23.7 Å². The number of hydrogen-bond donors (Lipinski definition) is 3. The highest BCUT2D eigenvalue weighted by Gasteiger charge is 2.26. The topological polar surface area (TPSA) is 96.2 Å². The summed E-state index contributed by atoms with van der Waals surface area (Å²) in [6, 6.07) is 20.1. The van der Waals surface area contributed by atoms with Crippen molar-refractivity contribution in [1.29, 1.82) is 0 Å². The maximum absolute atomic E-state index is 13.2. The van der Waals surface area contributed by atoms with Crippen molar-refractivity contribution in [2.75, 3.05) is 11.9 Å². The van der Waals surface area contributed by atoms with E-state index in [9.17, 15) is 14.7 Å². The molecular formula is C28H28N4O3S. The van der Waals surface area contributed by atoms with Gasteiger partial charge in [0.1, 0.15) is 5.75 Å². The number of hydrogen-bond acceptors (Lipinski definition) is 5. The number of carbonyl (C=O) groups excluding carboxylic acids is 2. The highest BCUT2D eigenvalue weighted by Crippen LogP contribution is 2.38. The van der Waals surface area contributed by atoms with Gasteiger partial charge in [-0.05, 0) is 60.5 Å². The molecule has 0 atom stereocenters. The zero-order chi connectivity index (χ0) is 24.9. The van der Waals surface area contributed by atoms with Crippen molar-refractivity contribution in [3.8, 4) is 17.0 Å². The summed E-state index contributed by atoms with van der Waals surface area (Å²) in [5.74, 6) is 0.0721. The van der Waals surface area contributed by atoms with Crippen LogP contribution in [0.2, 0.25) is 0 Å². The van der Waals surface area contributed by atoms with Gasteiger partial charge in [-0.3, -0.25) is 4.79 Å². The summed E-state index contributed by atoms with van der Waals surface area (Å²) >= 11 is 1.36. The molecule has 2 amide bonds. The molecule has 7 nitrogen and oxygen atoms in total. The zero-order valence-corrected chi connectivity index (χ0v) is 20.6. The minimum absolute atomic E-state index is 0.0382. The van der Waals surface area contributed by atoms with Crippen molar-refractivity contribution in [2.24, 2.45) is 0 Å². The van der Waals surface area contributed by atoms with Crippen molar-refractivity contribution in [2.45, 2.75) is 38.0 Å². The van der Waals surface area contributed by atoms with Gasteiger partial charge in [-0.2, -0.15) is 9.78 Å². The van der Waals surface area contributed by atoms with Crippen LogP contribution in [0.5, 0.6) is 5.75 Å². The maximum atomic E-state index is 13.2. The van der Waals surface area contributed by atoms with Crippen LogP contribution >= 0.6 is 11.3 Å². The third kappa shape index (κ3) is 5.33. The quantitative estimate of drug-likeness (QED) is 0.270. The highest BCUT2D eigenvalue weighted by atomic mass is 32.1. The Morgan fingerprint density at radius 3 is 2.58 bits per heavy atom. The van der Waals surface area contributed by atoms with Crippen LogP contribution in [-0.2, 0) is 6.42 Å². The molecule has 0 aliphatic heterocycles. The number of rotatable bonds is 7. The molecule has 3 N–H and O–H groups in total. The van der Waals surface area contributed by atoms with Gasteiger partial charge >= 0.3 is 6.03 Å². The Morgan fingerprint density at radius 2 is 1.83 bits per heavy atom. The number of thiophene rings is 1. The molecule has 1 aliphatic carbocycles. The van der Waals surface area contributed by atoms with Crippen LogP contribution in [-0.4, -0.2) is 33.4 Å². The third-order valence-electron chi connectivity index (χ3n) is 6.51. The van der Waals surface area contributed by atoms with E-state index in [0.29, 0.717) is 28.4 Å². The number of phenolic OH excluding ortho intramolecular Hbond substituents is 1. The Balaban J connectivity index is 1.39. The Bertz CT molecular complexity index is 1340. The van der Waals surface area contributed by atoms with E-state index in [-0.39, 0.29) is 23.6 Å². The number of amides is 2. The minimum Gasteiger partial charge on any atom is -0.507 e. The summed E-state index contributed by atoms with van der Waals surface area (Å²) in [5.41, 5.74) is 3.52. The molecular weight excluding hydrogens is 472 g/mol. The van der Waals surface area contributed by atoms with Gasteiger partial charge in [-0.25, -0.2) is 4.79 Å². The highest BCUT2D eigenvalue weighted by molar-refractivity contribution is 7.12. The zero-order valence-electron chi connectivity index (χ0n) is 19.8. The summed E-state index contributed by atoms with van der Waals surface area (Å²) in [7, 11) is 0. The van der Waals surface area contributed by atoms with Gasteiger partial charge in [0.2, 0.25) is 0 Å². The van der Waals surface area contributed by atoms with Crippen LogP contribution in [0.3, 0.4) is 0 Å². The lowest BCUT2D eigenvalue weighted by Crippen LogP contribution is -2.32. The van der Waals surface area contributed by atoms with Crippen LogP contribution < -0.4 is 10.6 Å². The van der Waals surface area contributed by atoms with E-state index < -0.39 is 0 Å². The lowest BCUT2D eigenvalue weighted by atomic mass is 10.0. The second-order valence-corrected chi connectivity index (χ2v) is 9.93. The fourth-order valence-corrected chi connectivity index (χ4v) is 5.27. The van der Waals surface area contributed by atoms with Gasteiger partial charge in [0.15, 0.2) is 0 Å². The Hall–Kier alpha value is -3.91. The molecule has 2 aromatic heterocycles. The fraction of sp³-hybridized carbons (Fsp3) is 0.250. The molecule has 184 valence electrons. The normalized spacial score (nSPS) is 13.6. The Labute approximate surface area is 213 Å². The number of phenols is 1. The SMILES string of the molecule is O=C(Nc1ccc(O)c(-c2cc(C3CCCC3)n(C(=O)NCCc3ccccc3)n2)c1)c1cccs1. The first-order chi connectivity index (χ1) is 17.6. The molecule has 5 rings (SSSR count). The molecule has 2 heterocycles. The van der Waals surface area contributed by atoms with Crippen LogP contribution in [0.15, 0.2) is 72.1 Å². The first-order valence-corrected chi connectivity index (χ1v) is 13.1. The van der Waals surface area contributed by atoms with Crippen molar-refractivity contribution in [3.63, 3.8) is 0 Å². The monoisotopic (exact) mass is 500 g/mol. The van der Waals surface area contributed by atoms with E-state index in [1.54, 1.807) is 18.2 Å². The lowest BCUT2D eigenvalue weighted by Gasteiger charge is -2.12. The number of nitrogens with zero attached hydrogens (tertiary/aromatic N) is 2. The number of anilines is 1. The molecule has 0 saturated heterocycles. The van der Waals surface area contributed by atoms with Crippen LogP contribution in [0, 0.1) is 0 Å². The summed E-state index contributed by atoms with van der Waals surface area (Å²) in [6.07, 6.45) is 4.98. The second-order valence-electron chi connectivity index (χ2n) is 8.98. The first-order valence-electron chi connectivity index (χ1n) is 12.2. The number of aromatic nitrogens is 2. The molecule has 2 aromatic carbocycles. The standard InChI is InChI=1S/C28H28N4O3S/c33-25-13-12-21(30-27(34)26-11-6-16-36-26)17-22(25)23-18-24(20-9-4-5-10-20)32(31-23)28(35)29-15-14-19-7-2-1-3-8-19/h1-3,6-8,11-13,16-18,20,33H,4-5,9-10,14-15H2,(H,29,35)(H,30,34). The molecule has 0 radical (unpaired) electrons. The molecule has 0 spiro atoms. The van der Waals surface area contributed by atoms with Crippen molar-refractivity contribution in [3.05, 3.63) is 88.2 Å². The smallest absolute Gasteiger partial charge is 0.342 e. The lowest BCUT2D eigenvalue weighted by molar-refractivity contribution is 0.103. The minimum atomic E-state index is -0.277. The molecule has 8 heteroatoms. The molecule has 1 saturated carbocycles. The summed E-state index contributed by atoms with van der Waals surface area (Å²) in [5, 5.41) is 22.9. The van der Waals surface area contributed by atoms with E-state index in [4.69, 9.17) is 0 Å². The molecule has 4 aromatic rings. The van der Waals surface area contributed by atoms with E-state index in [0.717, 1.165) is 43.4 Å². The number of nitrogens with one attached hydrogen (secondary N) is 2. The van der Waals surface area contributed by atoms with Gasteiger partial charge < -0.3 is 15.7 Å². The van der Waals surface area contributed by atoms with Crippen molar-refractivity contribution in [1.82, 2.24) is 15.1 Å². The van der Waals surface area contributed by atoms with Crippen LogP contribution in [0.25, 0.3) is 11.3 Å². The van der Waals surface area contributed by atoms with Crippen molar-refractivity contribution < 1.29 is 14.7 Å². The summed E-state index contributed by atoms with van der Waals surface area (Å²) in [6.45, 7) is 0.498. The van der Waals surface area contributed by atoms with E-state index in [2.05, 4.69) is 15.7 Å². The van der Waals surface area contributed by atoms with Crippen molar-refractivity contribution >= 4 is 29.0 Å². The molecule has 0 unspecified atom stereocenters. The van der Waals surface area contributed by atoms with Gasteiger partial charge in [0.25, 0.3) is 5.91 Å². The molecule has 1 aliphatic rings. The van der Waals surface area contributed by atoms with E-state index in [1.165, 1.54) is 22.1 Å². The summed E-state index contributed by atoms with van der Waals surface area (Å²) in [4.78, 5) is 26.3. The molecule has 36 heavy (non-hydrogen) atoms. The number of aromatic hydroxyl groups is 1. The summed E-state index contributed by atoms with van der Waals surface area (Å²) < 4.78 is 1.45.